The van der Waals surface area contributed by atoms with Crippen molar-refractivity contribution in [3.05, 3.63) is 71.4 Å². The predicted octanol–water partition coefficient (Wildman–Crippen LogP) is 5.73. The van der Waals surface area contributed by atoms with Crippen LogP contribution in [-0.2, 0) is 39.4 Å². The van der Waals surface area contributed by atoms with Gasteiger partial charge in [-0.1, -0.05) is 69.9 Å². The highest BCUT2D eigenvalue weighted by Gasteiger charge is 2.48. The number of pyridine rings is 1. The van der Waals surface area contributed by atoms with Crippen LogP contribution in [0, 0.1) is 11.8 Å². The third kappa shape index (κ3) is 6.42. The van der Waals surface area contributed by atoms with E-state index in [0.717, 1.165) is 60.7 Å². The van der Waals surface area contributed by atoms with Gasteiger partial charge in [-0.25, -0.2) is 14.5 Å². The summed E-state index contributed by atoms with van der Waals surface area (Å²) in [6.45, 7) is 4.53. The molecule has 1 aliphatic carbocycles. The van der Waals surface area contributed by atoms with Crippen molar-refractivity contribution >= 4 is 28.1 Å². The van der Waals surface area contributed by atoms with E-state index in [0.29, 0.717) is 30.3 Å². The second-order valence-corrected chi connectivity index (χ2v) is 11.2. The molecule has 1 saturated carbocycles. The Bertz CT molecular complexity index is 1270. The number of rotatable bonds is 10. The topological polar surface area (TPSA) is 101 Å². The second kappa shape index (κ2) is 12.8. The monoisotopic (exact) mass is 537 g/mol. The second-order valence-electron chi connectivity index (χ2n) is 10.5. The number of nitrogens with zero attached hydrogens (tertiary/aromatic N) is 1. The van der Waals surface area contributed by atoms with E-state index in [9.17, 15) is 13.6 Å². The first-order valence-corrected chi connectivity index (χ1v) is 14.5. The van der Waals surface area contributed by atoms with Gasteiger partial charge in [0.25, 0.3) is 0 Å². The van der Waals surface area contributed by atoms with E-state index in [1.165, 1.54) is 7.11 Å². The van der Waals surface area contributed by atoms with Crippen molar-refractivity contribution in [1.29, 1.82) is 0 Å². The molecule has 1 fully saturated rings. The molecule has 4 rings (SSSR count). The summed E-state index contributed by atoms with van der Waals surface area (Å²) in [5, 5.41) is 1.07. The van der Waals surface area contributed by atoms with E-state index in [1.54, 1.807) is 6.07 Å². The molecule has 38 heavy (non-hydrogen) atoms. The lowest BCUT2D eigenvalue weighted by atomic mass is 9.74. The minimum absolute atomic E-state index is 0.212. The van der Waals surface area contributed by atoms with Gasteiger partial charge in [0, 0.05) is 16.7 Å². The lowest BCUT2D eigenvalue weighted by Crippen LogP contribution is -2.55. The summed E-state index contributed by atoms with van der Waals surface area (Å²) in [5.41, 5.74) is 1.74. The molecule has 2 aromatic carbocycles. The van der Waals surface area contributed by atoms with Gasteiger partial charge in [-0.3, -0.25) is 4.21 Å². The molecule has 1 aromatic heterocycles. The highest BCUT2D eigenvalue weighted by atomic mass is 32.2. The number of methoxy groups -OCH3 is 1. The fourth-order valence-electron chi connectivity index (χ4n) is 5.61. The lowest BCUT2D eigenvalue weighted by molar-refractivity contribution is -0.151. The van der Waals surface area contributed by atoms with Crippen molar-refractivity contribution in [1.82, 2.24) is 9.71 Å². The van der Waals surface area contributed by atoms with E-state index in [-0.39, 0.29) is 5.92 Å². The molecule has 0 saturated heterocycles. The summed E-state index contributed by atoms with van der Waals surface area (Å²) >= 11 is -2.67. The third-order valence-electron chi connectivity index (χ3n) is 7.39. The molecule has 1 aliphatic rings. The maximum atomic E-state index is 13.4. The highest BCUT2D eigenvalue weighted by molar-refractivity contribution is 7.77. The van der Waals surface area contributed by atoms with Gasteiger partial charge < -0.3 is 14.0 Å². The van der Waals surface area contributed by atoms with E-state index >= 15 is 0 Å². The summed E-state index contributed by atoms with van der Waals surface area (Å²) < 4.78 is 38.3. The number of ether oxygens (including phenoxy) is 2. The molecule has 0 bridgehead atoms. The smallest absolute Gasteiger partial charge is 0.331 e. The zero-order valence-electron chi connectivity index (χ0n) is 22.4. The number of nitrogens with one attached hydrogen (secondary N) is 1. The normalized spacial score (nSPS) is 17.1. The maximum absolute atomic E-state index is 13.4. The molecule has 2 unspecified atom stereocenters. The van der Waals surface area contributed by atoms with E-state index < -0.39 is 22.8 Å². The fraction of sp³-hybridized carbons (Fsp3) is 0.467. The van der Waals surface area contributed by atoms with Gasteiger partial charge in [0.15, 0.2) is 5.54 Å². The highest BCUT2D eigenvalue weighted by Crippen LogP contribution is 2.41. The Balaban J connectivity index is 1.72. The van der Waals surface area contributed by atoms with Gasteiger partial charge in [-0.2, -0.15) is 0 Å². The van der Waals surface area contributed by atoms with E-state index in [1.807, 2.05) is 48.5 Å². The first kappa shape index (κ1) is 28.2. The van der Waals surface area contributed by atoms with Crippen LogP contribution >= 0.6 is 0 Å². The molecule has 8 heteroatoms. The van der Waals surface area contributed by atoms with Gasteiger partial charge in [0.05, 0.1) is 18.3 Å². The van der Waals surface area contributed by atoms with Crippen LogP contribution in [-0.4, -0.2) is 26.8 Å². The van der Waals surface area contributed by atoms with Gasteiger partial charge in [-0.05, 0) is 66.5 Å². The predicted molar refractivity (Wildman–Crippen MR) is 148 cm³/mol. The molecule has 0 aliphatic heterocycles. The number of hydrogen-bond acceptors (Lipinski definition) is 6. The molecule has 0 amide bonds. The molecule has 0 radical (unpaired) electrons. The van der Waals surface area contributed by atoms with Crippen LogP contribution in [0.15, 0.2) is 54.6 Å². The molecular formula is C30H37N2O5S-. The summed E-state index contributed by atoms with van der Waals surface area (Å²) in [4.78, 5) is 18.1. The summed E-state index contributed by atoms with van der Waals surface area (Å²) in [5.74, 6) is 0.215. The Labute approximate surface area is 227 Å². The molecule has 3 aromatic rings. The number of esters is 1. The Hall–Kier alpha value is -2.81. The van der Waals surface area contributed by atoms with Gasteiger partial charge >= 0.3 is 5.97 Å². The Morgan fingerprint density at radius 3 is 2.53 bits per heavy atom. The van der Waals surface area contributed by atoms with Crippen LogP contribution in [0.25, 0.3) is 10.9 Å². The summed E-state index contributed by atoms with van der Waals surface area (Å²) in [6.07, 6.45) is 6.21. The number of aromatic nitrogens is 1. The molecule has 204 valence electrons. The average Bonchev–Trinajstić information content (AvgIpc) is 3.20. The van der Waals surface area contributed by atoms with Crippen LogP contribution in [0.5, 0.6) is 5.75 Å². The van der Waals surface area contributed by atoms with Crippen LogP contribution in [0.4, 0.5) is 0 Å². The van der Waals surface area contributed by atoms with Crippen molar-refractivity contribution in [2.75, 3.05) is 7.11 Å². The number of para-hydroxylation sites is 1. The summed E-state index contributed by atoms with van der Waals surface area (Å²) in [6, 6.07) is 17.5. The SMILES string of the molecule is COC(=O)C(NS(=O)[O-])(c1ccc(OCc2ccc3ccccc3n2)c(CC(C)C)c1)C1CCCCCC1. The molecule has 0 spiro atoms. The minimum atomic E-state index is -2.67. The van der Waals surface area contributed by atoms with Crippen molar-refractivity contribution in [2.24, 2.45) is 11.8 Å². The van der Waals surface area contributed by atoms with E-state index in [4.69, 9.17) is 14.5 Å². The molecule has 1 heterocycles. The maximum Gasteiger partial charge on any atom is 0.331 e. The standard InChI is InChI=1S/C30H38N2O5S/c1-21(2)18-23-19-25(30(29(33)36-3,32-38(34)35)24-11-6-4-5-7-12-24)15-17-28(23)37-20-26-16-14-22-10-8-9-13-27(22)31-26/h8-10,13-17,19,21,24,32H,4-7,11-12,18,20H2,1-3H3,(H,34,35)/p-1. The average molecular weight is 538 g/mol. The van der Waals surface area contributed by atoms with Crippen LogP contribution < -0.4 is 9.46 Å². The number of carbonyl (C=O) groups is 1. The number of benzene rings is 2. The van der Waals surface area contributed by atoms with Crippen LogP contribution in [0.1, 0.15) is 69.2 Å². The van der Waals surface area contributed by atoms with Crippen molar-refractivity contribution in [3.63, 3.8) is 0 Å². The van der Waals surface area contributed by atoms with Crippen molar-refractivity contribution in [3.8, 4) is 5.75 Å². The van der Waals surface area contributed by atoms with Crippen LogP contribution in [0.2, 0.25) is 0 Å². The number of carbonyl (C=O) groups excluding carboxylic acids is 1. The Morgan fingerprint density at radius 1 is 1.11 bits per heavy atom. The molecule has 2 atom stereocenters. The Kier molecular flexibility index (Phi) is 9.52. The molecule has 1 N–H and O–H groups in total. The zero-order valence-corrected chi connectivity index (χ0v) is 23.2. The number of hydrogen-bond donors (Lipinski definition) is 1. The first-order valence-electron chi connectivity index (χ1n) is 13.4. The minimum Gasteiger partial charge on any atom is -0.760 e. The van der Waals surface area contributed by atoms with Crippen molar-refractivity contribution in [2.45, 2.75) is 70.9 Å². The van der Waals surface area contributed by atoms with Gasteiger partial charge in [0.1, 0.15) is 12.4 Å². The molecular weight excluding hydrogens is 500 g/mol. The Morgan fingerprint density at radius 2 is 1.84 bits per heavy atom. The van der Waals surface area contributed by atoms with Gasteiger partial charge in [-0.15, -0.1) is 0 Å². The largest absolute Gasteiger partial charge is 0.760 e. The fourth-order valence-corrected chi connectivity index (χ4v) is 6.24. The quantitative estimate of drug-likeness (QED) is 0.201. The van der Waals surface area contributed by atoms with E-state index in [2.05, 4.69) is 18.6 Å². The summed E-state index contributed by atoms with van der Waals surface area (Å²) in [7, 11) is 1.31. The van der Waals surface area contributed by atoms with Crippen LogP contribution in [0.3, 0.4) is 0 Å². The molecule has 7 nitrogen and oxygen atoms in total. The first-order chi connectivity index (χ1) is 18.3. The third-order valence-corrected chi connectivity index (χ3v) is 7.88. The lowest BCUT2D eigenvalue weighted by Gasteiger charge is -2.40. The van der Waals surface area contributed by atoms with Gasteiger partial charge in [0.2, 0.25) is 0 Å². The van der Waals surface area contributed by atoms with Crippen molar-refractivity contribution < 1.29 is 23.0 Å². The number of fused-ring (bicyclic) bond motifs is 1. The zero-order chi connectivity index (χ0) is 27.1.